The van der Waals surface area contributed by atoms with Crippen LogP contribution in [0.5, 0.6) is 0 Å². The van der Waals surface area contributed by atoms with Gasteiger partial charge in [0.15, 0.2) is 0 Å². The lowest BCUT2D eigenvalue weighted by Crippen LogP contribution is -2.42. The number of carbonyl (C=O) groups excluding carboxylic acids is 1. The van der Waals surface area contributed by atoms with E-state index in [1.54, 1.807) is 23.3 Å². The number of hydrogen-bond donors (Lipinski definition) is 1. The second kappa shape index (κ2) is 9.12. The monoisotopic (exact) mass is 328 g/mol. The van der Waals surface area contributed by atoms with Crippen LogP contribution in [0.25, 0.3) is 0 Å². The maximum atomic E-state index is 12.2. The minimum absolute atomic E-state index is 0.272. The van der Waals surface area contributed by atoms with Gasteiger partial charge in [-0.3, -0.25) is 0 Å². The second-order valence-electron chi connectivity index (χ2n) is 6.19. The third-order valence-corrected chi connectivity index (χ3v) is 3.79. The Kier molecular flexibility index (Phi) is 7.85. The van der Waals surface area contributed by atoms with E-state index in [2.05, 4.69) is 29.1 Å². The van der Waals surface area contributed by atoms with E-state index >= 15 is 0 Å². The van der Waals surface area contributed by atoms with Gasteiger partial charge in [-0.25, -0.2) is 4.79 Å². The number of hydrogen-bond acceptors (Lipinski definition) is 5. The van der Waals surface area contributed by atoms with Gasteiger partial charge in [-0.15, -0.1) is 0 Å². The van der Waals surface area contributed by atoms with Crippen molar-refractivity contribution in [1.29, 1.82) is 0 Å². The van der Waals surface area contributed by atoms with Gasteiger partial charge in [0, 0.05) is 32.8 Å². The van der Waals surface area contributed by atoms with Crippen LogP contribution in [0, 0.1) is 0 Å². The van der Waals surface area contributed by atoms with E-state index in [1.165, 1.54) is 5.56 Å². The van der Waals surface area contributed by atoms with E-state index in [0.717, 1.165) is 0 Å². The Balaban J connectivity index is 2.45. The average Bonchev–Trinajstić information content (AvgIpc) is 2.94. The summed E-state index contributed by atoms with van der Waals surface area (Å²) in [7, 11) is 1.63. The van der Waals surface area contributed by atoms with Crippen LogP contribution >= 0.6 is 11.3 Å². The molecule has 0 aromatic carbocycles. The maximum Gasteiger partial charge on any atom is 0.410 e. The van der Waals surface area contributed by atoms with Crippen LogP contribution in [0.3, 0.4) is 0 Å². The van der Waals surface area contributed by atoms with Gasteiger partial charge in [0.2, 0.25) is 0 Å². The molecule has 0 saturated carbocycles. The molecule has 0 spiro atoms. The smallest absolute Gasteiger partial charge is 0.410 e. The molecular weight excluding hydrogens is 300 g/mol. The van der Waals surface area contributed by atoms with Gasteiger partial charge in [0.25, 0.3) is 0 Å². The Morgan fingerprint density at radius 1 is 1.41 bits per heavy atom. The van der Waals surface area contributed by atoms with E-state index in [-0.39, 0.29) is 12.1 Å². The van der Waals surface area contributed by atoms with Crippen molar-refractivity contribution in [3.05, 3.63) is 22.4 Å². The second-order valence-corrected chi connectivity index (χ2v) is 6.97. The van der Waals surface area contributed by atoms with Crippen molar-refractivity contribution in [3.8, 4) is 0 Å². The van der Waals surface area contributed by atoms with Gasteiger partial charge < -0.3 is 19.7 Å². The molecule has 5 nitrogen and oxygen atoms in total. The van der Waals surface area contributed by atoms with Gasteiger partial charge in [-0.05, 0) is 50.1 Å². The van der Waals surface area contributed by atoms with Gasteiger partial charge in [0.05, 0.1) is 6.61 Å². The van der Waals surface area contributed by atoms with Crippen LogP contribution in [0.4, 0.5) is 4.79 Å². The zero-order valence-corrected chi connectivity index (χ0v) is 15.0. The van der Waals surface area contributed by atoms with Crippen molar-refractivity contribution < 1.29 is 14.3 Å². The predicted octanol–water partition coefficient (Wildman–Crippen LogP) is 3.28. The summed E-state index contributed by atoms with van der Waals surface area (Å²) in [4.78, 5) is 13.9. The molecule has 1 atom stereocenters. The number of ether oxygens (including phenoxy) is 2. The standard InChI is InChI=1S/C16H28N2O3S/c1-13(14-6-11-22-12-14)17-7-8-18(9-10-20-5)15(19)21-16(2,3)4/h6,11-13,17H,7-10H2,1-5H3. The lowest BCUT2D eigenvalue weighted by molar-refractivity contribution is 0.0203. The van der Waals surface area contributed by atoms with Gasteiger partial charge in [-0.1, -0.05) is 0 Å². The molecule has 1 heterocycles. The van der Waals surface area contributed by atoms with Gasteiger partial charge in [-0.2, -0.15) is 11.3 Å². The molecule has 0 aliphatic rings. The van der Waals surface area contributed by atoms with E-state index < -0.39 is 5.60 Å². The van der Waals surface area contributed by atoms with Crippen molar-refractivity contribution in [2.75, 3.05) is 33.4 Å². The van der Waals surface area contributed by atoms with Crippen LogP contribution in [-0.4, -0.2) is 49.9 Å². The molecule has 1 N–H and O–H groups in total. The molecule has 0 fully saturated rings. The molecule has 1 aromatic rings. The fourth-order valence-corrected chi connectivity index (χ4v) is 2.63. The summed E-state index contributed by atoms with van der Waals surface area (Å²) >= 11 is 1.69. The number of amides is 1. The first-order valence-corrected chi connectivity index (χ1v) is 8.50. The molecule has 22 heavy (non-hydrogen) atoms. The van der Waals surface area contributed by atoms with Crippen LogP contribution in [0.2, 0.25) is 0 Å². The molecule has 1 unspecified atom stereocenters. The number of carbonyl (C=O) groups is 1. The molecule has 1 amide bonds. The highest BCUT2D eigenvalue weighted by atomic mass is 32.1. The Hall–Kier alpha value is -1.11. The SMILES string of the molecule is COCCN(CCNC(C)c1ccsc1)C(=O)OC(C)(C)C. The summed E-state index contributed by atoms with van der Waals surface area (Å²) < 4.78 is 10.5. The molecule has 0 bridgehead atoms. The molecule has 126 valence electrons. The topological polar surface area (TPSA) is 50.8 Å². The highest BCUT2D eigenvalue weighted by Gasteiger charge is 2.21. The highest BCUT2D eigenvalue weighted by molar-refractivity contribution is 7.07. The molecular formula is C16H28N2O3S. The van der Waals surface area contributed by atoms with Gasteiger partial charge in [0.1, 0.15) is 5.60 Å². The van der Waals surface area contributed by atoms with Crippen molar-refractivity contribution in [2.45, 2.75) is 39.3 Å². The summed E-state index contributed by atoms with van der Waals surface area (Å²) in [6.45, 7) is 10.1. The van der Waals surface area contributed by atoms with E-state index in [0.29, 0.717) is 26.2 Å². The first-order valence-electron chi connectivity index (χ1n) is 7.56. The zero-order chi connectivity index (χ0) is 16.6. The Labute approximate surface area is 137 Å². The summed E-state index contributed by atoms with van der Waals surface area (Å²) in [6.07, 6.45) is -0.297. The fourth-order valence-electron chi connectivity index (χ4n) is 1.88. The molecule has 6 heteroatoms. The third kappa shape index (κ3) is 7.24. The van der Waals surface area contributed by atoms with Crippen molar-refractivity contribution in [3.63, 3.8) is 0 Å². The van der Waals surface area contributed by atoms with Crippen molar-refractivity contribution in [2.24, 2.45) is 0 Å². The van der Waals surface area contributed by atoms with Crippen molar-refractivity contribution >= 4 is 17.4 Å². The molecule has 1 aromatic heterocycles. The summed E-state index contributed by atoms with van der Waals surface area (Å²) in [5, 5.41) is 7.63. The predicted molar refractivity (Wildman–Crippen MR) is 90.4 cm³/mol. The summed E-state index contributed by atoms with van der Waals surface area (Å²) in [5.41, 5.74) is 0.783. The quantitative estimate of drug-likeness (QED) is 0.795. The summed E-state index contributed by atoms with van der Waals surface area (Å²) in [5.74, 6) is 0. The largest absolute Gasteiger partial charge is 0.444 e. The number of methoxy groups -OCH3 is 1. The number of rotatable bonds is 8. The molecule has 0 radical (unpaired) electrons. The Morgan fingerprint density at radius 2 is 2.14 bits per heavy atom. The van der Waals surface area contributed by atoms with Crippen LogP contribution in [0.1, 0.15) is 39.3 Å². The van der Waals surface area contributed by atoms with Crippen LogP contribution < -0.4 is 5.32 Å². The molecule has 0 saturated heterocycles. The normalized spacial score (nSPS) is 13.0. The van der Waals surface area contributed by atoms with Gasteiger partial charge >= 0.3 is 6.09 Å². The van der Waals surface area contributed by atoms with E-state index in [4.69, 9.17) is 9.47 Å². The lowest BCUT2D eigenvalue weighted by atomic mass is 10.2. The Morgan fingerprint density at radius 3 is 2.68 bits per heavy atom. The average molecular weight is 328 g/mol. The molecule has 0 aliphatic heterocycles. The first-order chi connectivity index (χ1) is 10.3. The number of nitrogens with one attached hydrogen (secondary N) is 1. The number of nitrogens with zero attached hydrogens (tertiary/aromatic N) is 1. The lowest BCUT2D eigenvalue weighted by Gasteiger charge is -2.27. The summed E-state index contributed by atoms with van der Waals surface area (Å²) in [6, 6.07) is 2.38. The van der Waals surface area contributed by atoms with Crippen molar-refractivity contribution in [1.82, 2.24) is 10.2 Å². The maximum absolute atomic E-state index is 12.2. The fraction of sp³-hybridized carbons (Fsp3) is 0.688. The Bertz CT molecular complexity index is 429. The zero-order valence-electron chi connectivity index (χ0n) is 14.2. The van der Waals surface area contributed by atoms with E-state index in [1.807, 2.05) is 20.8 Å². The number of thiophene rings is 1. The van der Waals surface area contributed by atoms with Crippen LogP contribution in [-0.2, 0) is 9.47 Å². The minimum Gasteiger partial charge on any atom is -0.444 e. The third-order valence-electron chi connectivity index (χ3n) is 3.09. The highest BCUT2D eigenvalue weighted by Crippen LogP contribution is 2.15. The molecule has 0 aliphatic carbocycles. The first kappa shape index (κ1) is 18.9. The van der Waals surface area contributed by atoms with Crippen LogP contribution in [0.15, 0.2) is 16.8 Å². The minimum atomic E-state index is -0.486. The van der Waals surface area contributed by atoms with E-state index in [9.17, 15) is 4.79 Å². The molecule has 1 rings (SSSR count).